The highest BCUT2D eigenvalue weighted by Gasteiger charge is 2.47. The van der Waals surface area contributed by atoms with Gasteiger partial charge in [0.2, 0.25) is 0 Å². The zero-order chi connectivity index (χ0) is 14.3. The minimum Gasteiger partial charge on any atom is -0.392 e. The molecule has 1 saturated carbocycles. The van der Waals surface area contributed by atoms with Crippen LogP contribution >= 0.6 is 0 Å². The maximum absolute atomic E-state index is 12.3. The molecule has 2 aliphatic rings. The minimum absolute atomic E-state index is 0.122. The highest BCUT2D eigenvalue weighted by Crippen LogP contribution is 2.41. The average molecular weight is 280 g/mol. The molecule has 1 saturated heterocycles. The molecule has 3 nitrogen and oxygen atoms in total. The number of nitrogens with one attached hydrogen (secondary N) is 1. The van der Waals surface area contributed by atoms with Crippen molar-refractivity contribution in [2.45, 2.75) is 57.5 Å². The van der Waals surface area contributed by atoms with Crippen molar-refractivity contribution in [1.29, 1.82) is 0 Å². The van der Waals surface area contributed by atoms with Gasteiger partial charge < -0.3 is 10.4 Å². The molecule has 0 radical (unpaired) electrons. The normalized spacial score (nSPS) is 33.2. The van der Waals surface area contributed by atoms with Crippen LogP contribution in [0.15, 0.2) is 0 Å². The number of piperidine rings is 1. The zero-order valence-corrected chi connectivity index (χ0v) is 11.5. The van der Waals surface area contributed by atoms with Crippen molar-refractivity contribution in [1.82, 2.24) is 10.2 Å². The van der Waals surface area contributed by atoms with Gasteiger partial charge in [0, 0.05) is 17.5 Å². The second kappa shape index (κ2) is 5.22. The first-order chi connectivity index (χ1) is 8.68. The Morgan fingerprint density at radius 1 is 1.26 bits per heavy atom. The largest absolute Gasteiger partial charge is 0.401 e. The SMILES string of the molecule is CC1(C)C(O)CC1NC1CCN(CC(F)(F)F)CC1. The Bertz CT molecular complexity index is 312. The van der Waals surface area contributed by atoms with E-state index in [0.29, 0.717) is 13.1 Å². The van der Waals surface area contributed by atoms with E-state index in [9.17, 15) is 18.3 Å². The number of alkyl halides is 3. The monoisotopic (exact) mass is 280 g/mol. The molecule has 0 aromatic rings. The maximum Gasteiger partial charge on any atom is 0.401 e. The third kappa shape index (κ3) is 3.61. The Labute approximate surface area is 112 Å². The predicted molar refractivity (Wildman–Crippen MR) is 66.8 cm³/mol. The van der Waals surface area contributed by atoms with Crippen LogP contribution in [0.5, 0.6) is 0 Å². The molecule has 1 aliphatic heterocycles. The van der Waals surface area contributed by atoms with E-state index in [-0.39, 0.29) is 23.6 Å². The van der Waals surface area contributed by atoms with Crippen LogP contribution in [0.2, 0.25) is 0 Å². The van der Waals surface area contributed by atoms with E-state index in [0.717, 1.165) is 19.3 Å². The summed E-state index contributed by atoms with van der Waals surface area (Å²) in [5.74, 6) is 0. The molecular weight excluding hydrogens is 257 g/mol. The quantitative estimate of drug-likeness (QED) is 0.827. The highest BCUT2D eigenvalue weighted by molar-refractivity contribution is 5.03. The second-order valence-corrected chi connectivity index (χ2v) is 6.46. The van der Waals surface area contributed by atoms with Crippen molar-refractivity contribution in [2.75, 3.05) is 19.6 Å². The topological polar surface area (TPSA) is 35.5 Å². The second-order valence-electron chi connectivity index (χ2n) is 6.46. The standard InChI is InChI=1S/C13H23F3N2O/c1-12(2)10(7-11(12)19)17-9-3-5-18(6-4-9)8-13(14,15)16/h9-11,17,19H,3-8H2,1-2H3. The molecule has 6 heteroatoms. The van der Waals surface area contributed by atoms with Crippen LogP contribution in [-0.4, -0.2) is 54.0 Å². The van der Waals surface area contributed by atoms with Gasteiger partial charge >= 0.3 is 6.18 Å². The van der Waals surface area contributed by atoms with Crippen molar-refractivity contribution in [3.8, 4) is 0 Å². The van der Waals surface area contributed by atoms with Gasteiger partial charge in [0.15, 0.2) is 0 Å². The molecule has 2 rings (SSSR count). The summed E-state index contributed by atoms with van der Waals surface area (Å²) in [6.07, 6.45) is -2.12. The predicted octanol–water partition coefficient (Wildman–Crippen LogP) is 1.76. The van der Waals surface area contributed by atoms with E-state index >= 15 is 0 Å². The summed E-state index contributed by atoms with van der Waals surface area (Å²) >= 11 is 0. The molecule has 1 heterocycles. The molecule has 0 aromatic carbocycles. The molecule has 1 aliphatic carbocycles. The molecule has 2 unspecified atom stereocenters. The fourth-order valence-corrected chi connectivity index (χ4v) is 2.98. The van der Waals surface area contributed by atoms with Gasteiger partial charge in [-0.05, 0) is 32.4 Å². The third-order valence-corrected chi connectivity index (χ3v) is 4.64. The number of nitrogens with zero attached hydrogens (tertiary/aromatic N) is 1. The minimum atomic E-state index is -4.10. The van der Waals surface area contributed by atoms with Crippen molar-refractivity contribution in [3.05, 3.63) is 0 Å². The van der Waals surface area contributed by atoms with E-state index in [2.05, 4.69) is 5.32 Å². The molecule has 2 atom stereocenters. The zero-order valence-electron chi connectivity index (χ0n) is 11.5. The summed E-state index contributed by atoms with van der Waals surface area (Å²) in [5.41, 5.74) is -0.122. The van der Waals surface area contributed by atoms with Gasteiger partial charge in [0.05, 0.1) is 12.6 Å². The first-order valence-corrected chi connectivity index (χ1v) is 6.92. The van der Waals surface area contributed by atoms with E-state index in [1.807, 2.05) is 13.8 Å². The fourth-order valence-electron chi connectivity index (χ4n) is 2.98. The van der Waals surface area contributed by atoms with E-state index < -0.39 is 12.7 Å². The molecule has 2 N–H and O–H groups in total. The summed E-state index contributed by atoms with van der Waals surface area (Å²) in [4.78, 5) is 1.47. The Balaban J connectivity index is 1.73. The van der Waals surface area contributed by atoms with Crippen LogP contribution in [-0.2, 0) is 0 Å². The molecule has 2 fully saturated rings. The van der Waals surface area contributed by atoms with Gasteiger partial charge in [-0.15, -0.1) is 0 Å². The highest BCUT2D eigenvalue weighted by atomic mass is 19.4. The lowest BCUT2D eigenvalue weighted by Crippen LogP contribution is -2.63. The molecule has 0 bridgehead atoms. The average Bonchev–Trinajstić information content (AvgIpc) is 2.29. The number of hydrogen-bond acceptors (Lipinski definition) is 3. The van der Waals surface area contributed by atoms with Gasteiger partial charge in [-0.3, -0.25) is 4.90 Å². The maximum atomic E-state index is 12.3. The summed E-state index contributed by atoms with van der Waals surface area (Å²) in [6, 6.07) is 0.558. The lowest BCUT2D eigenvalue weighted by molar-refractivity contribution is -0.148. The van der Waals surface area contributed by atoms with Crippen LogP contribution in [0.3, 0.4) is 0 Å². The van der Waals surface area contributed by atoms with Gasteiger partial charge in [-0.1, -0.05) is 13.8 Å². The number of hydrogen-bond donors (Lipinski definition) is 2. The lowest BCUT2D eigenvalue weighted by Gasteiger charge is -2.51. The number of likely N-dealkylation sites (tertiary alicyclic amines) is 1. The van der Waals surface area contributed by atoms with Crippen molar-refractivity contribution in [3.63, 3.8) is 0 Å². The van der Waals surface area contributed by atoms with Crippen LogP contribution < -0.4 is 5.32 Å². The Morgan fingerprint density at radius 3 is 2.26 bits per heavy atom. The summed E-state index contributed by atoms with van der Waals surface area (Å²) in [6.45, 7) is 4.24. The van der Waals surface area contributed by atoms with E-state index in [1.54, 1.807) is 0 Å². The van der Waals surface area contributed by atoms with Crippen LogP contribution in [0, 0.1) is 5.41 Å². The number of aliphatic hydroxyl groups is 1. The molecule has 19 heavy (non-hydrogen) atoms. The van der Waals surface area contributed by atoms with E-state index in [4.69, 9.17) is 0 Å². The smallest absolute Gasteiger partial charge is 0.392 e. The Morgan fingerprint density at radius 2 is 1.84 bits per heavy atom. The molecule has 0 aromatic heterocycles. The van der Waals surface area contributed by atoms with Gasteiger partial charge in [0.25, 0.3) is 0 Å². The number of halogens is 3. The van der Waals surface area contributed by atoms with Crippen LogP contribution in [0.1, 0.15) is 33.1 Å². The summed E-state index contributed by atoms with van der Waals surface area (Å²) < 4.78 is 36.8. The molecule has 112 valence electrons. The van der Waals surface area contributed by atoms with Gasteiger partial charge in [-0.2, -0.15) is 13.2 Å². The summed E-state index contributed by atoms with van der Waals surface area (Å²) in [7, 11) is 0. The van der Waals surface area contributed by atoms with Gasteiger partial charge in [0.1, 0.15) is 0 Å². The van der Waals surface area contributed by atoms with E-state index in [1.165, 1.54) is 4.90 Å². The van der Waals surface area contributed by atoms with Gasteiger partial charge in [-0.25, -0.2) is 0 Å². The molecule has 0 spiro atoms. The number of rotatable bonds is 3. The molecule has 0 amide bonds. The van der Waals surface area contributed by atoms with Crippen molar-refractivity contribution in [2.24, 2.45) is 5.41 Å². The van der Waals surface area contributed by atoms with Crippen LogP contribution in [0.25, 0.3) is 0 Å². The van der Waals surface area contributed by atoms with Crippen molar-refractivity contribution >= 4 is 0 Å². The fraction of sp³-hybridized carbons (Fsp3) is 1.00. The van der Waals surface area contributed by atoms with Crippen molar-refractivity contribution < 1.29 is 18.3 Å². The van der Waals surface area contributed by atoms with Crippen LogP contribution in [0.4, 0.5) is 13.2 Å². The first kappa shape index (κ1) is 15.1. The lowest BCUT2D eigenvalue weighted by atomic mass is 9.64. The first-order valence-electron chi connectivity index (χ1n) is 6.92. The Hall–Kier alpha value is -0.330. The summed E-state index contributed by atoms with van der Waals surface area (Å²) in [5, 5.41) is 13.2. The molecular formula is C13H23F3N2O. The number of aliphatic hydroxyl groups excluding tert-OH is 1. The third-order valence-electron chi connectivity index (χ3n) is 4.64. The Kier molecular flexibility index (Phi) is 4.14.